The molecule has 102 valence electrons. The highest BCUT2D eigenvalue weighted by Gasteiger charge is 2.06. The number of rotatable bonds is 6. The van der Waals surface area contributed by atoms with Crippen molar-refractivity contribution in [3.8, 4) is 0 Å². The van der Waals surface area contributed by atoms with E-state index in [9.17, 15) is 4.79 Å². The van der Waals surface area contributed by atoms with Crippen LogP contribution in [0.1, 0.15) is 16.5 Å². The van der Waals surface area contributed by atoms with Gasteiger partial charge >= 0.3 is 0 Å². The molecule has 0 unspecified atom stereocenters. The van der Waals surface area contributed by atoms with E-state index in [0.29, 0.717) is 18.7 Å². The van der Waals surface area contributed by atoms with Crippen LogP contribution in [-0.2, 0) is 11.2 Å². The summed E-state index contributed by atoms with van der Waals surface area (Å²) in [5, 5.41) is 11.6. The van der Waals surface area contributed by atoms with Crippen molar-refractivity contribution in [1.82, 2.24) is 15.5 Å². The number of aryl methyl sites for hydroxylation is 2. The van der Waals surface area contributed by atoms with Crippen LogP contribution in [0.2, 0.25) is 0 Å². The van der Waals surface area contributed by atoms with Crippen molar-refractivity contribution in [2.24, 2.45) is 0 Å². The van der Waals surface area contributed by atoms with Gasteiger partial charge in [0.2, 0.25) is 5.91 Å². The van der Waals surface area contributed by atoms with E-state index in [4.69, 9.17) is 4.42 Å². The molecule has 0 radical (unpaired) electrons. The van der Waals surface area contributed by atoms with Crippen LogP contribution in [0.25, 0.3) is 0 Å². The first-order valence-electron chi connectivity index (χ1n) is 5.88. The number of carbonyl (C=O) groups excluding carboxylic acids is 1. The molecule has 2 rings (SSSR count). The maximum absolute atomic E-state index is 11.6. The third kappa shape index (κ3) is 4.68. The van der Waals surface area contributed by atoms with Gasteiger partial charge in [0.25, 0.3) is 0 Å². The molecule has 0 aliphatic rings. The molecule has 1 amide bonds. The van der Waals surface area contributed by atoms with E-state index in [2.05, 4.69) is 15.5 Å². The van der Waals surface area contributed by atoms with E-state index in [-0.39, 0.29) is 5.91 Å². The van der Waals surface area contributed by atoms with Crippen LogP contribution >= 0.6 is 23.1 Å². The maximum Gasteiger partial charge on any atom is 0.230 e. The summed E-state index contributed by atoms with van der Waals surface area (Å²) in [6, 6.07) is 3.85. The summed E-state index contributed by atoms with van der Waals surface area (Å²) in [4.78, 5) is 11.6. The monoisotopic (exact) mass is 297 g/mol. The van der Waals surface area contributed by atoms with Crippen LogP contribution in [-0.4, -0.2) is 28.4 Å². The Balaban J connectivity index is 1.64. The van der Waals surface area contributed by atoms with E-state index in [1.54, 1.807) is 0 Å². The molecule has 2 heterocycles. The molecular weight excluding hydrogens is 282 g/mol. The standard InChI is InChI=1S/C12H15N3O2S2/c1-8-3-4-10(17-8)5-6-13-11(16)7-18-12-15-14-9(2)19-12/h3-4H,5-7H2,1-2H3,(H,13,16). The zero-order chi connectivity index (χ0) is 13.7. The Morgan fingerprint density at radius 2 is 2.26 bits per heavy atom. The van der Waals surface area contributed by atoms with E-state index in [0.717, 1.165) is 20.9 Å². The van der Waals surface area contributed by atoms with Crippen LogP contribution in [0.4, 0.5) is 0 Å². The molecule has 0 atom stereocenters. The molecule has 0 aliphatic carbocycles. The maximum atomic E-state index is 11.6. The summed E-state index contributed by atoms with van der Waals surface area (Å²) >= 11 is 2.91. The van der Waals surface area contributed by atoms with Gasteiger partial charge in [-0.15, -0.1) is 10.2 Å². The van der Waals surface area contributed by atoms with E-state index < -0.39 is 0 Å². The number of nitrogens with zero attached hydrogens (tertiary/aromatic N) is 2. The molecule has 0 saturated carbocycles. The first-order chi connectivity index (χ1) is 9.13. The summed E-state index contributed by atoms with van der Waals surface area (Å²) in [5.41, 5.74) is 0. The second-order valence-corrected chi connectivity index (χ2v) is 6.39. The van der Waals surface area contributed by atoms with Crippen LogP contribution in [0.15, 0.2) is 20.9 Å². The number of amides is 1. The van der Waals surface area contributed by atoms with Crippen molar-refractivity contribution in [2.75, 3.05) is 12.3 Å². The lowest BCUT2D eigenvalue weighted by Crippen LogP contribution is -2.27. The van der Waals surface area contributed by atoms with Gasteiger partial charge in [-0.2, -0.15) is 0 Å². The summed E-state index contributed by atoms with van der Waals surface area (Å²) in [7, 11) is 0. The Kier molecular flexibility index (Phi) is 4.98. The fraction of sp³-hybridized carbons (Fsp3) is 0.417. The molecular formula is C12H15N3O2S2. The summed E-state index contributed by atoms with van der Waals surface area (Å²) < 4.78 is 6.25. The molecule has 0 aliphatic heterocycles. The number of aromatic nitrogens is 2. The minimum absolute atomic E-state index is 0.00105. The predicted molar refractivity (Wildman–Crippen MR) is 75.5 cm³/mol. The lowest BCUT2D eigenvalue weighted by atomic mass is 10.3. The zero-order valence-corrected chi connectivity index (χ0v) is 12.4. The van der Waals surface area contributed by atoms with Crippen molar-refractivity contribution >= 4 is 29.0 Å². The lowest BCUT2D eigenvalue weighted by Gasteiger charge is -2.02. The van der Waals surface area contributed by atoms with Gasteiger partial charge in [0, 0.05) is 13.0 Å². The number of hydrogen-bond donors (Lipinski definition) is 1. The van der Waals surface area contributed by atoms with Crippen LogP contribution in [0, 0.1) is 13.8 Å². The number of carbonyl (C=O) groups is 1. The van der Waals surface area contributed by atoms with Crippen molar-refractivity contribution in [3.05, 3.63) is 28.7 Å². The van der Waals surface area contributed by atoms with Crippen molar-refractivity contribution in [2.45, 2.75) is 24.6 Å². The molecule has 0 aromatic carbocycles. The van der Waals surface area contributed by atoms with Gasteiger partial charge in [-0.25, -0.2) is 0 Å². The summed E-state index contributed by atoms with van der Waals surface area (Å²) in [6.45, 7) is 4.39. The fourth-order valence-electron chi connectivity index (χ4n) is 1.46. The van der Waals surface area contributed by atoms with Gasteiger partial charge in [0.1, 0.15) is 16.5 Å². The molecule has 0 spiro atoms. The molecule has 2 aromatic rings. The zero-order valence-electron chi connectivity index (χ0n) is 10.8. The lowest BCUT2D eigenvalue weighted by molar-refractivity contribution is -0.118. The Bertz CT molecular complexity index is 551. The minimum atomic E-state index is 0.00105. The fourth-order valence-corrected chi connectivity index (χ4v) is 3.11. The summed E-state index contributed by atoms with van der Waals surface area (Å²) in [5.74, 6) is 2.15. The number of nitrogens with one attached hydrogen (secondary N) is 1. The van der Waals surface area contributed by atoms with Gasteiger partial charge in [-0.1, -0.05) is 23.1 Å². The Labute approximate surface area is 119 Å². The highest BCUT2D eigenvalue weighted by molar-refractivity contribution is 8.01. The van der Waals surface area contributed by atoms with Crippen LogP contribution < -0.4 is 5.32 Å². The van der Waals surface area contributed by atoms with Crippen LogP contribution in [0.3, 0.4) is 0 Å². The Morgan fingerprint density at radius 3 is 2.89 bits per heavy atom. The average Bonchev–Trinajstić information content (AvgIpc) is 2.96. The molecule has 0 saturated heterocycles. The summed E-state index contributed by atoms with van der Waals surface area (Å²) in [6.07, 6.45) is 0.710. The highest BCUT2D eigenvalue weighted by Crippen LogP contribution is 2.21. The molecule has 2 aromatic heterocycles. The quantitative estimate of drug-likeness (QED) is 0.828. The van der Waals surface area contributed by atoms with Gasteiger partial charge in [-0.05, 0) is 26.0 Å². The van der Waals surface area contributed by atoms with Crippen molar-refractivity contribution in [1.29, 1.82) is 0 Å². The number of furan rings is 1. The van der Waals surface area contributed by atoms with Gasteiger partial charge in [0.05, 0.1) is 5.75 Å². The number of thioether (sulfide) groups is 1. The topological polar surface area (TPSA) is 68.0 Å². The SMILES string of the molecule is Cc1ccc(CCNC(=O)CSc2nnc(C)s2)o1. The third-order valence-electron chi connectivity index (χ3n) is 2.32. The smallest absolute Gasteiger partial charge is 0.230 e. The van der Waals surface area contributed by atoms with Crippen molar-refractivity contribution < 1.29 is 9.21 Å². The third-order valence-corrected chi connectivity index (χ3v) is 4.30. The Morgan fingerprint density at radius 1 is 1.42 bits per heavy atom. The van der Waals surface area contributed by atoms with Crippen LogP contribution in [0.5, 0.6) is 0 Å². The normalized spacial score (nSPS) is 10.6. The Hall–Kier alpha value is -1.34. The first kappa shape index (κ1) is 14.1. The van der Waals surface area contributed by atoms with Crippen molar-refractivity contribution in [3.63, 3.8) is 0 Å². The molecule has 0 fully saturated rings. The van der Waals surface area contributed by atoms with Gasteiger partial charge < -0.3 is 9.73 Å². The molecule has 0 bridgehead atoms. The second-order valence-electron chi connectivity index (χ2n) is 3.99. The molecule has 7 heteroatoms. The van der Waals surface area contributed by atoms with Gasteiger partial charge in [0.15, 0.2) is 4.34 Å². The molecule has 5 nitrogen and oxygen atoms in total. The average molecular weight is 297 g/mol. The predicted octanol–water partition coefficient (Wildman–Crippen LogP) is 2.20. The van der Waals surface area contributed by atoms with E-state index in [1.807, 2.05) is 26.0 Å². The number of hydrogen-bond acceptors (Lipinski definition) is 6. The molecule has 1 N–H and O–H groups in total. The van der Waals surface area contributed by atoms with E-state index in [1.165, 1.54) is 23.1 Å². The van der Waals surface area contributed by atoms with E-state index >= 15 is 0 Å². The highest BCUT2D eigenvalue weighted by atomic mass is 32.2. The first-order valence-corrected chi connectivity index (χ1v) is 7.68. The minimum Gasteiger partial charge on any atom is -0.466 e. The molecule has 19 heavy (non-hydrogen) atoms. The largest absolute Gasteiger partial charge is 0.466 e. The van der Waals surface area contributed by atoms with Gasteiger partial charge in [-0.3, -0.25) is 4.79 Å². The second kappa shape index (κ2) is 6.72.